The topological polar surface area (TPSA) is 99.1 Å². The summed E-state index contributed by atoms with van der Waals surface area (Å²) in [7, 11) is 5.91. The molecule has 8 heteroatoms. The van der Waals surface area contributed by atoms with Crippen molar-refractivity contribution >= 4 is 47.2 Å². The molecule has 4 rings (SSSR count). The van der Waals surface area contributed by atoms with Gasteiger partial charge in [-0.15, -0.1) is 0 Å². The average Bonchev–Trinajstić information content (AvgIpc) is 2.81. The van der Waals surface area contributed by atoms with Crippen molar-refractivity contribution in [3.8, 4) is 11.8 Å². The van der Waals surface area contributed by atoms with Gasteiger partial charge >= 0.3 is 0 Å². The molecule has 2 aromatic carbocycles. The number of fused-ring (bicyclic) bond motifs is 1. The molecule has 0 atom stereocenters. The van der Waals surface area contributed by atoms with Crippen molar-refractivity contribution in [2.24, 2.45) is 0 Å². The molecule has 0 spiro atoms. The van der Waals surface area contributed by atoms with Gasteiger partial charge in [0.2, 0.25) is 5.91 Å². The summed E-state index contributed by atoms with van der Waals surface area (Å²) in [6.45, 7) is 4.07. The lowest BCUT2D eigenvalue weighted by molar-refractivity contribution is -0.112. The molecule has 1 aliphatic heterocycles. The molecule has 164 valence electrons. The highest BCUT2D eigenvalue weighted by molar-refractivity contribution is 6.32. The van der Waals surface area contributed by atoms with Gasteiger partial charge in [0, 0.05) is 29.4 Å². The van der Waals surface area contributed by atoms with Gasteiger partial charge < -0.3 is 20.7 Å². The maximum Gasteiger partial charge on any atom is 0.248 e. The largest absolute Gasteiger partial charge is 0.492 e. The number of nitrogens with one attached hydrogen (secondary N) is 3. The van der Waals surface area contributed by atoms with Crippen LogP contribution < -0.4 is 26.2 Å². The maximum absolute atomic E-state index is 12.7. The van der Waals surface area contributed by atoms with E-state index in [0.29, 0.717) is 45.7 Å². The summed E-state index contributed by atoms with van der Waals surface area (Å²) in [6.07, 6.45) is 4.89. The Morgan fingerprint density at radius 3 is 2.85 bits per heavy atom. The molecule has 2 heterocycles. The molecular formula is C25H24BN5O2. The number of piperidine rings is 1. The lowest BCUT2D eigenvalue weighted by atomic mass is 9.96. The number of carbonyl (C=O) groups is 1. The summed E-state index contributed by atoms with van der Waals surface area (Å²) < 4.78 is 5.78. The van der Waals surface area contributed by atoms with Crippen LogP contribution in [-0.2, 0) is 4.79 Å². The fraction of sp³-hybridized carbons (Fsp3) is 0.240. The van der Waals surface area contributed by atoms with E-state index in [2.05, 4.69) is 27.0 Å². The molecule has 3 aromatic rings. The number of anilines is 3. The van der Waals surface area contributed by atoms with E-state index in [-0.39, 0.29) is 5.91 Å². The van der Waals surface area contributed by atoms with Gasteiger partial charge in [0.25, 0.3) is 0 Å². The van der Waals surface area contributed by atoms with E-state index < -0.39 is 0 Å². The molecule has 0 unspecified atom stereocenters. The van der Waals surface area contributed by atoms with Crippen LogP contribution in [-0.4, -0.2) is 38.4 Å². The van der Waals surface area contributed by atoms with Crippen LogP contribution >= 0.6 is 0 Å². The number of nitrogens with zero attached hydrogens (tertiary/aromatic N) is 2. The number of hydrogen-bond donors (Lipinski definition) is 3. The van der Waals surface area contributed by atoms with Crippen LogP contribution in [0.2, 0.25) is 0 Å². The van der Waals surface area contributed by atoms with Crippen molar-refractivity contribution in [3.63, 3.8) is 0 Å². The fourth-order valence-electron chi connectivity index (χ4n) is 3.82. The van der Waals surface area contributed by atoms with E-state index in [1.165, 1.54) is 6.20 Å². The minimum atomic E-state index is -0.207. The third-order valence-electron chi connectivity index (χ3n) is 5.38. The van der Waals surface area contributed by atoms with Crippen molar-refractivity contribution in [1.82, 2.24) is 10.3 Å². The number of carbonyl (C=O) groups excluding carboxylic acids is 1. The Hall–Kier alpha value is -3.83. The second-order valence-corrected chi connectivity index (χ2v) is 7.75. The highest BCUT2D eigenvalue weighted by atomic mass is 16.5. The Morgan fingerprint density at radius 1 is 1.30 bits per heavy atom. The highest BCUT2D eigenvalue weighted by Gasteiger charge is 2.16. The Labute approximate surface area is 194 Å². The summed E-state index contributed by atoms with van der Waals surface area (Å²) in [5.41, 5.74) is 4.59. The monoisotopic (exact) mass is 437 g/mol. The van der Waals surface area contributed by atoms with Crippen molar-refractivity contribution in [2.45, 2.75) is 19.8 Å². The van der Waals surface area contributed by atoms with Crippen molar-refractivity contribution in [1.29, 1.82) is 5.26 Å². The lowest BCUT2D eigenvalue weighted by Gasteiger charge is -2.17. The molecule has 0 saturated carbocycles. The first kappa shape index (κ1) is 22.4. The van der Waals surface area contributed by atoms with Crippen LogP contribution in [0.4, 0.5) is 17.1 Å². The number of rotatable bonds is 6. The fourth-order valence-corrected chi connectivity index (χ4v) is 3.82. The molecule has 1 amide bonds. The van der Waals surface area contributed by atoms with E-state index in [1.807, 2.05) is 19.1 Å². The lowest BCUT2D eigenvalue weighted by Crippen LogP contribution is -2.24. The van der Waals surface area contributed by atoms with Gasteiger partial charge in [0.05, 0.1) is 29.1 Å². The quantitative estimate of drug-likeness (QED) is 0.404. The zero-order chi connectivity index (χ0) is 23.2. The first-order valence-corrected chi connectivity index (χ1v) is 10.9. The van der Waals surface area contributed by atoms with E-state index >= 15 is 0 Å². The predicted octanol–water partition coefficient (Wildman–Crippen LogP) is 3.29. The van der Waals surface area contributed by atoms with Gasteiger partial charge in [0.15, 0.2) is 0 Å². The molecule has 0 bridgehead atoms. The zero-order valence-electron chi connectivity index (χ0n) is 18.4. The van der Waals surface area contributed by atoms with E-state index in [4.69, 9.17) is 12.6 Å². The SMILES string of the molecule is [B]c1cccc(Nc2c(C#N)cnc3cc(OCC)c(NC(=O)C=C4CCNCC4)cc23)c1. The van der Waals surface area contributed by atoms with E-state index in [0.717, 1.165) is 37.2 Å². The first-order valence-electron chi connectivity index (χ1n) is 10.9. The second kappa shape index (κ2) is 10.2. The highest BCUT2D eigenvalue weighted by Crippen LogP contribution is 2.36. The van der Waals surface area contributed by atoms with E-state index in [1.54, 1.807) is 30.3 Å². The molecule has 1 saturated heterocycles. The number of ether oxygens (including phenoxy) is 1. The number of pyridine rings is 1. The standard InChI is InChI=1S/C25H24BN5O2/c1-2-33-23-13-21-20(12-22(23)31-24(32)10-16-6-8-28-9-7-16)25(17(14-27)15-29-21)30-19-5-3-4-18(26)11-19/h3-5,10-13,15,28H,2,6-9H2,1H3,(H,29,30)(H,31,32). The Balaban J connectivity index is 1.76. The Morgan fingerprint density at radius 2 is 2.12 bits per heavy atom. The number of nitriles is 1. The zero-order valence-corrected chi connectivity index (χ0v) is 18.4. The first-order chi connectivity index (χ1) is 16.1. The second-order valence-electron chi connectivity index (χ2n) is 7.75. The summed E-state index contributed by atoms with van der Waals surface area (Å²) in [5.74, 6) is 0.316. The molecule has 7 nitrogen and oxygen atoms in total. The van der Waals surface area contributed by atoms with Crippen LogP contribution in [0.1, 0.15) is 25.3 Å². The maximum atomic E-state index is 12.7. The number of benzene rings is 2. The Kier molecular flexibility index (Phi) is 6.91. The van der Waals surface area contributed by atoms with Gasteiger partial charge in [-0.1, -0.05) is 23.2 Å². The van der Waals surface area contributed by atoms with Gasteiger partial charge in [-0.05, 0) is 51.1 Å². The van der Waals surface area contributed by atoms with Gasteiger partial charge in [0.1, 0.15) is 19.7 Å². The van der Waals surface area contributed by atoms with Crippen LogP contribution in [0.15, 0.2) is 54.2 Å². The number of aromatic nitrogens is 1. The average molecular weight is 437 g/mol. The number of amides is 1. The van der Waals surface area contributed by atoms with Crippen molar-refractivity contribution in [3.05, 3.63) is 59.8 Å². The normalized spacial score (nSPS) is 13.3. The number of hydrogen-bond acceptors (Lipinski definition) is 6. The van der Waals surface area contributed by atoms with Crippen molar-refractivity contribution in [2.75, 3.05) is 30.3 Å². The molecule has 1 aliphatic rings. The molecule has 2 radical (unpaired) electrons. The molecule has 3 N–H and O–H groups in total. The Bertz CT molecular complexity index is 1260. The van der Waals surface area contributed by atoms with Gasteiger partial charge in [-0.2, -0.15) is 5.26 Å². The minimum Gasteiger partial charge on any atom is -0.492 e. The third-order valence-corrected chi connectivity index (χ3v) is 5.38. The molecule has 1 aromatic heterocycles. The van der Waals surface area contributed by atoms with Crippen LogP contribution in [0.5, 0.6) is 5.75 Å². The molecule has 1 fully saturated rings. The van der Waals surface area contributed by atoms with Crippen LogP contribution in [0.3, 0.4) is 0 Å². The summed E-state index contributed by atoms with van der Waals surface area (Å²) in [4.78, 5) is 17.2. The van der Waals surface area contributed by atoms with Crippen LogP contribution in [0.25, 0.3) is 10.9 Å². The molecule has 0 aliphatic carbocycles. The third kappa shape index (κ3) is 5.33. The summed E-state index contributed by atoms with van der Waals surface area (Å²) in [5, 5.41) is 19.9. The minimum absolute atomic E-state index is 0.207. The predicted molar refractivity (Wildman–Crippen MR) is 132 cm³/mol. The van der Waals surface area contributed by atoms with E-state index in [9.17, 15) is 10.1 Å². The van der Waals surface area contributed by atoms with Crippen molar-refractivity contribution < 1.29 is 9.53 Å². The van der Waals surface area contributed by atoms with Gasteiger partial charge in [-0.25, -0.2) is 0 Å². The summed E-state index contributed by atoms with van der Waals surface area (Å²) >= 11 is 0. The summed E-state index contributed by atoms with van der Waals surface area (Å²) in [6, 6.07) is 13.0. The van der Waals surface area contributed by atoms with Crippen LogP contribution in [0, 0.1) is 11.3 Å². The van der Waals surface area contributed by atoms with Gasteiger partial charge in [-0.3, -0.25) is 9.78 Å². The molecule has 33 heavy (non-hydrogen) atoms. The smallest absolute Gasteiger partial charge is 0.248 e. The molecular weight excluding hydrogens is 413 g/mol.